The Kier molecular flexibility index (Phi) is 4.09. The van der Waals surface area contributed by atoms with Gasteiger partial charge in [0.1, 0.15) is 0 Å². The lowest BCUT2D eigenvalue weighted by Crippen LogP contribution is -2.23. The topological polar surface area (TPSA) is 43.0 Å². The zero-order valence-corrected chi connectivity index (χ0v) is 11.7. The second-order valence-corrected chi connectivity index (χ2v) is 4.72. The molecule has 1 N–H and O–H groups in total. The van der Waals surface area contributed by atoms with Gasteiger partial charge < -0.3 is 9.73 Å². The molecule has 18 heavy (non-hydrogen) atoms. The van der Waals surface area contributed by atoms with Gasteiger partial charge in [0, 0.05) is 25.1 Å². The number of aryl methyl sites for hydroxylation is 2. The fourth-order valence-corrected chi connectivity index (χ4v) is 2.36. The number of hydrogen-bond acceptors (Lipinski definition) is 3. The SMILES string of the molecule is CCNC(Cc1c(Cl)c(C)nn1C)c1ccoc1. The van der Waals surface area contributed by atoms with Gasteiger partial charge in [-0.15, -0.1) is 0 Å². The molecule has 1 unspecified atom stereocenters. The number of hydrogen-bond donors (Lipinski definition) is 1. The molecule has 0 saturated carbocycles. The molecule has 0 aliphatic rings. The van der Waals surface area contributed by atoms with Crippen molar-refractivity contribution in [3.63, 3.8) is 0 Å². The van der Waals surface area contributed by atoms with Crippen molar-refractivity contribution in [2.75, 3.05) is 6.54 Å². The summed E-state index contributed by atoms with van der Waals surface area (Å²) >= 11 is 6.29. The summed E-state index contributed by atoms with van der Waals surface area (Å²) in [6.45, 7) is 4.90. The van der Waals surface area contributed by atoms with Crippen LogP contribution in [0.3, 0.4) is 0 Å². The molecule has 0 aliphatic carbocycles. The van der Waals surface area contributed by atoms with Gasteiger partial charge in [0.25, 0.3) is 0 Å². The number of likely N-dealkylation sites (N-methyl/N-ethyl adjacent to an activating group) is 1. The number of rotatable bonds is 5. The van der Waals surface area contributed by atoms with Crippen LogP contribution in [0.4, 0.5) is 0 Å². The largest absolute Gasteiger partial charge is 0.472 e. The zero-order valence-electron chi connectivity index (χ0n) is 10.9. The fraction of sp³-hybridized carbons (Fsp3) is 0.462. The van der Waals surface area contributed by atoms with Crippen molar-refractivity contribution >= 4 is 11.6 Å². The third-order valence-corrected chi connectivity index (χ3v) is 3.55. The third kappa shape index (κ3) is 2.60. The summed E-state index contributed by atoms with van der Waals surface area (Å²) in [6.07, 6.45) is 4.25. The van der Waals surface area contributed by atoms with Gasteiger partial charge in [0.15, 0.2) is 0 Å². The lowest BCUT2D eigenvalue weighted by molar-refractivity contribution is 0.512. The van der Waals surface area contributed by atoms with E-state index < -0.39 is 0 Å². The average Bonchev–Trinajstić information content (AvgIpc) is 2.93. The van der Waals surface area contributed by atoms with E-state index in [9.17, 15) is 0 Å². The van der Waals surface area contributed by atoms with Gasteiger partial charge in [-0.25, -0.2) is 0 Å². The molecule has 2 aromatic heterocycles. The Hall–Kier alpha value is -1.26. The van der Waals surface area contributed by atoms with E-state index in [1.807, 2.05) is 24.7 Å². The van der Waals surface area contributed by atoms with Gasteiger partial charge in [0.2, 0.25) is 0 Å². The first-order valence-corrected chi connectivity index (χ1v) is 6.44. The van der Waals surface area contributed by atoms with E-state index in [2.05, 4.69) is 17.3 Å². The van der Waals surface area contributed by atoms with E-state index in [4.69, 9.17) is 16.0 Å². The molecule has 0 spiro atoms. The second-order valence-electron chi connectivity index (χ2n) is 4.34. The van der Waals surface area contributed by atoms with Crippen LogP contribution in [0.1, 0.15) is 29.9 Å². The molecule has 0 saturated heterocycles. The van der Waals surface area contributed by atoms with Crippen LogP contribution in [0.2, 0.25) is 5.02 Å². The quantitative estimate of drug-likeness (QED) is 0.906. The summed E-state index contributed by atoms with van der Waals surface area (Å²) in [5.74, 6) is 0. The molecule has 98 valence electrons. The summed E-state index contributed by atoms with van der Waals surface area (Å²) in [5, 5.41) is 8.53. The molecule has 0 fully saturated rings. The molecular weight excluding hydrogens is 250 g/mol. The van der Waals surface area contributed by atoms with Crippen molar-refractivity contribution < 1.29 is 4.42 Å². The lowest BCUT2D eigenvalue weighted by atomic mass is 10.0. The van der Waals surface area contributed by atoms with Gasteiger partial charge in [-0.1, -0.05) is 18.5 Å². The molecule has 0 bridgehead atoms. The predicted molar refractivity (Wildman–Crippen MR) is 71.8 cm³/mol. The highest BCUT2D eigenvalue weighted by Gasteiger charge is 2.18. The van der Waals surface area contributed by atoms with Crippen molar-refractivity contribution in [3.8, 4) is 0 Å². The van der Waals surface area contributed by atoms with E-state index in [-0.39, 0.29) is 6.04 Å². The van der Waals surface area contributed by atoms with Crippen molar-refractivity contribution in [1.29, 1.82) is 0 Å². The molecule has 1 atom stereocenters. The summed E-state index contributed by atoms with van der Waals surface area (Å²) in [4.78, 5) is 0. The Morgan fingerprint density at radius 2 is 2.33 bits per heavy atom. The molecule has 0 aromatic carbocycles. The Labute approximate surface area is 112 Å². The van der Waals surface area contributed by atoms with E-state index in [0.717, 1.165) is 34.9 Å². The van der Waals surface area contributed by atoms with Gasteiger partial charge in [-0.2, -0.15) is 5.10 Å². The summed E-state index contributed by atoms with van der Waals surface area (Å²) in [6, 6.07) is 2.17. The van der Waals surface area contributed by atoms with E-state index in [1.54, 1.807) is 12.5 Å². The minimum Gasteiger partial charge on any atom is -0.472 e. The molecule has 2 rings (SSSR count). The highest BCUT2D eigenvalue weighted by Crippen LogP contribution is 2.25. The van der Waals surface area contributed by atoms with Crippen molar-refractivity contribution in [1.82, 2.24) is 15.1 Å². The second kappa shape index (κ2) is 5.59. The van der Waals surface area contributed by atoms with Crippen LogP contribution in [-0.2, 0) is 13.5 Å². The number of aromatic nitrogens is 2. The minimum atomic E-state index is 0.195. The third-order valence-electron chi connectivity index (χ3n) is 3.06. The molecule has 2 aromatic rings. The van der Waals surface area contributed by atoms with Gasteiger partial charge in [-0.3, -0.25) is 4.68 Å². The molecule has 0 radical (unpaired) electrons. The van der Waals surface area contributed by atoms with Gasteiger partial charge in [0.05, 0.1) is 28.9 Å². The van der Waals surface area contributed by atoms with Crippen LogP contribution in [0, 0.1) is 6.92 Å². The Morgan fingerprint density at radius 1 is 1.56 bits per heavy atom. The summed E-state index contributed by atoms with van der Waals surface area (Å²) < 4.78 is 7.00. The summed E-state index contributed by atoms with van der Waals surface area (Å²) in [5.41, 5.74) is 3.05. The molecule has 2 heterocycles. The first-order chi connectivity index (χ1) is 8.63. The van der Waals surface area contributed by atoms with Crippen LogP contribution in [-0.4, -0.2) is 16.3 Å². The number of halogens is 1. The standard InChI is InChI=1S/C13H18ClN3O/c1-4-15-11(10-5-6-18-8-10)7-12-13(14)9(2)16-17(12)3/h5-6,8,11,15H,4,7H2,1-3H3. The minimum absolute atomic E-state index is 0.195. The van der Waals surface area contributed by atoms with E-state index in [0.29, 0.717) is 0 Å². The monoisotopic (exact) mass is 267 g/mol. The van der Waals surface area contributed by atoms with Crippen LogP contribution >= 0.6 is 11.6 Å². The first-order valence-electron chi connectivity index (χ1n) is 6.07. The predicted octanol–water partition coefficient (Wildman–Crippen LogP) is 2.87. The Bertz CT molecular complexity index is 505. The van der Waals surface area contributed by atoms with Crippen LogP contribution < -0.4 is 5.32 Å². The van der Waals surface area contributed by atoms with Gasteiger partial charge >= 0.3 is 0 Å². The lowest BCUT2D eigenvalue weighted by Gasteiger charge is -2.16. The maximum absolute atomic E-state index is 6.29. The van der Waals surface area contributed by atoms with Crippen molar-refractivity contribution in [2.24, 2.45) is 7.05 Å². The molecule has 4 nitrogen and oxygen atoms in total. The number of furan rings is 1. The Morgan fingerprint density at radius 3 is 2.83 bits per heavy atom. The number of nitrogens with zero attached hydrogens (tertiary/aromatic N) is 2. The van der Waals surface area contributed by atoms with Crippen LogP contribution in [0.5, 0.6) is 0 Å². The Balaban J connectivity index is 2.24. The van der Waals surface area contributed by atoms with Crippen molar-refractivity contribution in [2.45, 2.75) is 26.3 Å². The highest BCUT2D eigenvalue weighted by molar-refractivity contribution is 6.31. The normalized spacial score (nSPS) is 12.9. The van der Waals surface area contributed by atoms with E-state index in [1.165, 1.54) is 0 Å². The number of nitrogens with one attached hydrogen (secondary N) is 1. The zero-order chi connectivity index (χ0) is 13.1. The van der Waals surface area contributed by atoms with Crippen LogP contribution in [0.25, 0.3) is 0 Å². The fourth-order valence-electron chi connectivity index (χ4n) is 2.12. The highest BCUT2D eigenvalue weighted by atomic mass is 35.5. The maximum Gasteiger partial charge on any atom is 0.0950 e. The first kappa shape index (κ1) is 13.2. The average molecular weight is 268 g/mol. The smallest absolute Gasteiger partial charge is 0.0950 e. The van der Waals surface area contributed by atoms with E-state index >= 15 is 0 Å². The van der Waals surface area contributed by atoms with Crippen LogP contribution in [0.15, 0.2) is 23.0 Å². The molecular formula is C13H18ClN3O. The molecule has 5 heteroatoms. The maximum atomic E-state index is 6.29. The van der Waals surface area contributed by atoms with Gasteiger partial charge in [-0.05, 0) is 19.5 Å². The summed E-state index contributed by atoms with van der Waals surface area (Å²) in [7, 11) is 1.92. The molecule has 0 aliphatic heterocycles. The molecule has 0 amide bonds. The van der Waals surface area contributed by atoms with Crippen molar-refractivity contribution in [3.05, 3.63) is 40.6 Å².